The maximum atomic E-state index is 12.6. The third-order valence-electron chi connectivity index (χ3n) is 4.24. The number of piperazine rings is 1. The molecule has 132 valence electrons. The standard InChI is InChI=1S/C15H21BrN4O2S2/c1-3-19-11-13(12(2)17-19)10-18-6-8-20(9-7-18)24(21,22)15-5-4-14(16)23-15/h4-5,11H,3,6-10H2,1-2H3. The van der Waals surface area contributed by atoms with Crippen molar-refractivity contribution in [1.29, 1.82) is 0 Å². The van der Waals surface area contributed by atoms with Gasteiger partial charge in [-0.1, -0.05) is 0 Å². The van der Waals surface area contributed by atoms with E-state index in [1.54, 1.807) is 16.4 Å². The van der Waals surface area contributed by atoms with E-state index in [9.17, 15) is 8.42 Å². The Balaban J connectivity index is 1.62. The fourth-order valence-corrected chi connectivity index (χ4v) is 6.40. The number of aromatic nitrogens is 2. The van der Waals surface area contributed by atoms with E-state index in [-0.39, 0.29) is 0 Å². The van der Waals surface area contributed by atoms with Gasteiger partial charge in [0.1, 0.15) is 4.21 Å². The molecule has 3 rings (SSSR count). The van der Waals surface area contributed by atoms with Crippen LogP contribution in [0.2, 0.25) is 0 Å². The van der Waals surface area contributed by atoms with Crippen molar-refractivity contribution in [3.05, 3.63) is 33.4 Å². The molecule has 0 atom stereocenters. The molecule has 2 aromatic rings. The summed E-state index contributed by atoms with van der Waals surface area (Å²) in [7, 11) is -3.37. The molecule has 24 heavy (non-hydrogen) atoms. The minimum atomic E-state index is -3.37. The summed E-state index contributed by atoms with van der Waals surface area (Å²) in [5.74, 6) is 0. The first-order valence-electron chi connectivity index (χ1n) is 7.91. The lowest BCUT2D eigenvalue weighted by Gasteiger charge is -2.33. The summed E-state index contributed by atoms with van der Waals surface area (Å²) in [6, 6.07) is 3.45. The monoisotopic (exact) mass is 432 g/mol. The number of thiophene rings is 1. The summed E-state index contributed by atoms with van der Waals surface area (Å²) in [6.45, 7) is 8.32. The average Bonchev–Trinajstić information content (AvgIpc) is 3.15. The highest BCUT2D eigenvalue weighted by atomic mass is 79.9. The fourth-order valence-electron chi connectivity index (χ4n) is 2.81. The lowest BCUT2D eigenvalue weighted by Crippen LogP contribution is -2.48. The Morgan fingerprint density at radius 3 is 2.50 bits per heavy atom. The number of rotatable bonds is 5. The van der Waals surface area contributed by atoms with Crippen LogP contribution in [0.4, 0.5) is 0 Å². The highest BCUT2D eigenvalue weighted by Crippen LogP contribution is 2.29. The summed E-state index contributed by atoms with van der Waals surface area (Å²) >= 11 is 4.59. The average molecular weight is 433 g/mol. The van der Waals surface area contributed by atoms with Gasteiger partial charge in [0.25, 0.3) is 10.0 Å². The molecule has 1 fully saturated rings. The van der Waals surface area contributed by atoms with E-state index in [1.165, 1.54) is 16.9 Å². The zero-order valence-corrected chi connectivity index (χ0v) is 17.0. The van der Waals surface area contributed by atoms with Crippen molar-refractivity contribution in [1.82, 2.24) is 19.0 Å². The SMILES string of the molecule is CCn1cc(CN2CCN(S(=O)(=O)c3ccc(Br)s3)CC2)c(C)n1. The lowest BCUT2D eigenvalue weighted by molar-refractivity contribution is 0.181. The molecule has 0 aromatic carbocycles. The zero-order valence-electron chi connectivity index (χ0n) is 13.8. The smallest absolute Gasteiger partial charge is 0.252 e. The van der Waals surface area contributed by atoms with E-state index in [4.69, 9.17) is 0 Å². The quantitative estimate of drug-likeness (QED) is 0.728. The number of halogens is 1. The normalized spacial score (nSPS) is 17.5. The molecule has 0 radical (unpaired) electrons. The summed E-state index contributed by atoms with van der Waals surface area (Å²) in [6.07, 6.45) is 2.08. The van der Waals surface area contributed by atoms with Crippen molar-refractivity contribution in [2.24, 2.45) is 0 Å². The van der Waals surface area contributed by atoms with Crippen LogP contribution in [0, 0.1) is 6.92 Å². The van der Waals surface area contributed by atoms with Crippen molar-refractivity contribution in [3.8, 4) is 0 Å². The number of sulfonamides is 1. The van der Waals surface area contributed by atoms with Crippen LogP contribution in [0.25, 0.3) is 0 Å². The van der Waals surface area contributed by atoms with E-state index in [2.05, 4.69) is 39.0 Å². The van der Waals surface area contributed by atoms with Crippen molar-refractivity contribution in [3.63, 3.8) is 0 Å². The van der Waals surface area contributed by atoms with Crippen LogP contribution in [-0.4, -0.2) is 53.6 Å². The van der Waals surface area contributed by atoms with Crippen molar-refractivity contribution in [2.75, 3.05) is 26.2 Å². The summed E-state index contributed by atoms with van der Waals surface area (Å²) in [4.78, 5) is 2.29. The Morgan fingerprint density at radius 1 is 1.25 bits per heavy atom. The predicted octanol–water partition coefficient (Wildman–Crippen LogP) is 2.54. The molecular weight excluding hydrogens is 412 g/mol. The zero-order chi connectivity index (χ0) is 17.3. The molecule has 0 amide bonds. The number of hydrogen-bond donors (Lipinski definition) is 0. The first kappa shape index (κ1) is 18.1. The second-order valence-electron chi connectivity index (χ2n) is 5.83. The van der Waals surface area contributed by atoms with Crippen LogP contribution >= 0.6 is 27.3 Å². The van der Waals surface area contributed by atoms with Gasteiger partial charge in [-0.3, -0.25) is 9.58 Å². The molecule has 9 heteroatoms. The third-order valence-corrected chi connectivity index (χ3v) is 8.23. The van der Waals surface area contributed by atoms with Crippen LogP contribution < -0.4 is 0 Å². The van der Waals surface area contributed by atoms with Gasteiger partial charge in [0.05, 0.1) is 9.48 Å². The highest BCUT2D eigenvalue weighted by Gasteiger charge is 2.29. The number of aryl methyl sites for hydroxylation is 2. The summed E-state index contributed by atoms with van der Waals surface area (Å²) in [5, 5.41) is 4.47. The van der Waals surface area contributed by atoms with Crippen molar-refractivity contribution in [2.45, 2.75) is 31.1 Å². The Morgan fingerprint density at radius 2 is 1.96 bits per heavy atom. The highest BCUT2D eigenvalue weighted by molar-refractivity contribution is 9.11. The second kappa shape index (κ2) is 7.25. The third kappa shape index (κ3) is 3.75. The molecule has 0 unspecified atom stereocenters. The van der Waals surface area contributed by atoms with Gasteiger partial charge in [0.2, 0.25) is 0 Å². The van der Waals surface area contributed by atoms with Crippen LogP contribution in [0.1, 0.15) is 18.2 Å². The molecule has 1 aliphatic heterocycles. The van der Waals surface area contributed by atoms with Gasteiger partial charge in [0.15, 0.2) is 0 Å². The molecule has 0 saturated carbocycles. The Bertz CT molecular complexity index is 807. The Hall–Kier alpha value is -0.740. The molecule has 0 bridgehead atoms. The van der Waals surface area contributed by atoms with E-state index >= 15 is 0 Å². The van der Waals surface area contributed by atoms with Crippen LogP contribution in [0.3, 0.4) is 0 Å². The van der Waals surface area contributed by atoms with Gasteiger partial charge in [0, 0.05) is 51.0 Å². The summed E-state index contributed by atoms with van der Waals surface area (Å²) in [5.41, 5.74) is 2.27. The van der Waals surface area contributed by atoms with E-state index < -0.39 is 10.0 Å². The minimum Gasteiger partial charge on any atom is -0.296 e. The van der Waals surface area contributed by atoms with Crippen LogP contribution in [0.15, 0.2) is 26.3 Å². The van der Waals surface area contributed by atoms with Crippen LogP contribution in [0.5, 0.6) is 0 Å². The number of nitrogens with zero attached hydrogens (tertiary/aromatic N) is 4. The predicted molar refractivity (Wildman–Crippen MR) is 98.7 cm³/mol. The van der Waals surface area contributed by atoms with Gasteiger partial charge in [-0.15, -0.1) is 11.3 Å². The topological polar surface area (TPSA) is 58.4 Å². The lowest BCUT2D eigenvalue weighted by atomic mass is 10.2. The van der Waals surface area contributed by atoms with Crippen LogP contribution in [-0.2, 0) is 23.1 Å². The van der Waals surface area contributed by atoms with Crippen molar-refractivity contribution < 1.29 is 8.42 Å². The van der Waals surface area contributed by atoms with Gasteiger partial charge in [-0.25, -0.2) is 8.42 Å². The maximum Gasteiger partial charge on any atom is 0.252 e. The van der Waals surface area contributed by atoms with Crippen molar-refractivity contribution >= 4 is 37.3 Å². The molecule has 1 aliphatic rings. The number of hydrogen-bond acceptors (Lipinski definition) is 5. The van der Waals surface area contributed by atoms with Gasteiger partial charge < -0.3 is 0 Å². The molecule has 0 aliphatic carbocycles. The molecule has 0 N–H and O–H groups in total. The fraction of sp³-hybridized carbons (Fsp3) is 0.533. The van der Waals surface area contributed by atoms with E-state index in [0.717, 1.165) is 35.7 Å². The van der Waals surface area contributed by atoms with Gasteiger partial charge in [-0.05, 0) is 41.9 Å². The Kier molecular flexibility index (Phi) is 5.45. The first-order valence-corrected chi connectivity index (χ1v) is 11.0. The second-order valence-corrected chi connectivity index (χ2v) is 10.5. The molecule has 3 heterocycles. The molecule has 2 aromatic heterocycles. The van der Waals surface area contributed by atoms with Gasteiger partial charge in [-0.2, -0.15) is 9.40 Å². The molecular formula is C15H21BrN4O2S2. The Labute approximate surface area is 155 Å². The van der Waals surface area contributed by atoms with E-state index in [0.29, 0.717) is 17.3 Å². The molecule has 6 nitrogen and oxygen atoms in total. The first-order chi connectivity index (χ1) is 11.4. The maximum absolute atomic E-state index is 12.6. The minimum absolute atomic E-state index is 0.405. The molecule has 1 saturated heterocycles. The largest absolute Gasteiger partial charge is 0.296 e. The van der Waals surface area contributed by atoms with E-state index in [1.807, 2.05) is 11.6 Å². The van der Waals surface area contributed by atoms with Gasteiger partial charge >= 0.3 is 0 Å². The summed E-state index contributed by atoms with van der Waals surface area (Å²) < 4.78 is 30.1. The molecule has 0 spiro atoms.